The van der Waals surface area contributed by atoms with Crippen molar-refractivity contribution in [3.8, 4) is 5.75 Å². The van der Waals surface area contributed by atoms with Crippen LogP contribution in [-0.2, 0) is 24.0 Å². The average molecular weight is 501 g/mol. The highest BCUT2D eigenvalue weighted by Crippen LogP contribution is 2.24. The van der Waals surface area contributed by atoms with Crippen molar-refractivity contribution in [1.82, 2.24) is 25.8 Å². The van der Waals surface area contributed by atoms with Crippen molar-refractivity contribution < 1.29 is 38.3 Å². The Bertz CT molecular complexity index is 1090. The van der Waals surface area contributed by atoms with Gasteiger partial charge in [-0.25, -0.2) is 19.8 Å². The monoisotopic (exact) mass is 501 g/mol. The molecule has 2 heterocycles. The number of hydrogen-bond donors (Lipinski definition) is 2. The molecule has 13 heteroatoms. The summed E-state index contributed by atoms with van der Waals surface area (Å²) in [6, 6.07) is 2.92. The molecule has 2 aliphatic heterocycles. The van der Waals surface area contributed by atoms with Crippen LogP contribution in [0.1, 0.15) is 43.0 Å². The normalized spacial score (nSPS) is 18.5. The van der Waals surface area contributed by atoms with Crippen LogP contribution >= 0.6 is 0 Å². The van der Waals surface area contributed by atoms with Gasteiger partial charge in [-0.05, 0) is 31.9 Å². The lowest BCUT2D eigenvalue weighted by molar-refractivity contribution is -0.155. The summed E-state index contributed by atoms with van der Waals surface area (Å²) in [4.78, 5) is 87.2. The van der Waals surface area contributed by atoms with Crippen molar-refractivity contribution in [2.45, 2.75) is 44.7 Å². The predicted octanol–water partition coefficient (Wildman–Crippen LogP) is -0.394. The number of para-hydroxylation sites is 1. The first-order valence-corrected chi connectivity index (χ1v) is 11.3. The fraction of sp³-hybridized carbons (Fsp3) is 0.435. The Morgan fingerprint density at radius 1 is 1.17 bits per heavy atom. The Balaban J connectivity index is 1.81. The molecule has 5 amide bonds. The van der Waals surface area contributed by atoms with Crippen LogP contribution in [0.25, 0.3) is 0 Å². The van der Waals surface area contributed by atoms with Crippen LogP contribution in [0, 0.1) is 0 Å². The number of urea groups is 1. The largest absolute Gasteiger partial charge is 0.496 e. The molecular formula is C23H27N5O8. The molecule has 0 saturated carbocycles. The van der Waals surface area contributed by atoms with E-state index in [1.54, 1.807) is 12.1 Å². The predicted molar refractivity (Wildman–Crippen MR) is 122 cm³/mol. The molecule has 36 heavy (non-hydrogen) atoms. The van der Waals surface area contributed by atoms with Crippen LogP contribution in [0.2, 0.25) is 0 Å². The number of nitrogens with zero attached hydrogens (tertiary/aromatic N) is 3. The van der Waals surface area contributed by atoms with Gasteiger partial charge in [-0.1, -0.05) is 12.1 Å². The number of aldehydes is 1. The van der Waals surface area contributed by atoms with Crippen LogP contribution in [0.4, 0.5) is 4.79 Å². The third kappa shape index (κ3) is 5.67. The number of benzene rings is 1. The number of Topliss-reactive ketones (excluding diaryl/α,β-unsaturated/α-hetero) is 2. The van der Waals surface area contributed by atoms with E-state index in [9.17, 15) is 33.6 Å². The first-order valence-electron chi connectivity index (χ1n) is 11.3. The summed E-state index contributed by atoms with van der Waals surface area (Å²) in [7, 11) is 1.34. The highest BCUT2D eigenvalue weighted by Gasteiger charge is 2.44. The summed E-state index contributed by atoms with van der Waals surface area (Å²) in [5, 5.41) is 5.30. The van der Waals surface area contributed by atoms with Crippen LogP contribution in [-0.4, -0.2) is 88.9 Å². The van der Waals surface area contributed by atoms with E-state index >= 15 is 0 Å². The van der Waals surface area contributed by atoms with Crippen molar-refractivity contribution in [3.05, 3.63) is 29.8 Å². The smallest absolute Gasteiger partial charge is 0.358 e. The van der Waals surface area contributed by atoms with E-state index < -0.39 is 41.6 Å². The van der Waals surface area contributed by atoms with Gasteiger partial charge in [0.25, 0.3) is 5.78 Å². The Morgan fingerprint density at radius 3 is 2.56 bits per heavy atom. The van der Waals surface area contributed by atoms with Gasteiger partial charge in [0.1, 0.15) is 23.9 Å². The molecule has 2 saturated heterocycles. The van der Waals surface area contributed by atoms with Crippen LogP contribution in [0.3, 0.4) is 0 Å². The van der Waals surface area contributed by atoms with E-state index in [2.05, 4.69) is 10.7 Å². The molecule has 1 aromatic carbocycles. The van der Waals surface area contributed by atoms with Crippen LogP contribution in [0.5, 0.6) is 5.75 Å². The van der Waals surface area contributed by atoms with Gasteiger partial charge in [-0.3, -0.25) is 29.4 Å². The average Bonchev–Trinajstić information content (AvgIpc) is 2.99. The Kier molecular flexibility index (Phi) is 8.35. The maximum absolute atomic E-state index is 13.4. The fourth-order valence-electron chi connectivity index (χ4n) is 4.07. The second-order valence-corrected chi connectivity index (χ2v) is 8.33. The molecule has 2 atom stereocenters. The van der Waals surface area contributed by atoms with E-state index in [4.69, 9.17) is 4.74 Å². The number of rotatable bonds is 9. The third-order valence-corrected chi connectivity index (χ3v) is 5.76. The van der Waals surface area contributed by atoms with Crippen molar-refractivity contribution in [1.29, 1.82) is 0 Å². The standard InChI is InChI=1S/C23H27N5O8/c1-14(30)12-15(13-29)24-21(33)17-7-5-10-27-19(31)9-11-26(23(35)28(17)27)25-22(34)20(32)16-6-3-4-8-18(16)36-2/h3-4,6,8,13,15,17H,5,7,9-12H2,1-2H3,(H,24,33)(H,25,34). The van der Waals surface area contributed by atoms with Gasteiger partial charge in [-0.15, -0.1) is 0 Å². The summed E-state index contributed by atoms with van der Waals surface area (Å²) < 4.78 is 5.11. The number of hydrazine groups is 2. The Hall–Kier alpha value is -4.29. The van der Waals surface area contributed by atoms with Gasteiger partial charge in [0, 0.05) is 19.4 Å². The molecule has 0 aromatic heterocycles. The minimum atomic E-state index is -1.17. The number of fused-ring (bicyclic) bond motifs is 1. The molecule has 2 unspecified atom stereocenters. The van der Waals surface area contributed by atoms with Gasteiger partial charge >= 0.3 is 11.9 Å². The first kappa shape index (κ1) is 26.3. The van der Waals surface area contributed by atoms with Crippen molar-refractivity contribution in [2.75, 3.05) is 20.2 Å². The lowest BCUT2D eigenvalue weighted by Gasteiger charge is -2.42. The molecule has 1 aromatic rings. The third-order valence-electron chi connectivity index (χ3n) is 5.76. The minimum absolute atomic E-state index is 0.0157. The second-order valence-electron chi connectivity index (χ2n) is 8.33. The summed E-state index contributed by atoms with van der Waals surface area (Å²) >= 11 is 0. The first-order chi connectivity index (χ1) is 17.2. The number of ether oxygens (including phenoxy) is 1. The number of amides is 5. The molecule has 2 N–H and O–H groups in total. The number of carbonyl (C=O) groups excluding carboxylic acids is 7. The van der Waals surface area contributed by atoms with E-state index in [1.165, 1.54) is 26.2 Å². The molecule has 2 fully saturated rings. The van der Waals surface area contributed by atoms with E-state index in [-0.39, 0.29) is 49.4 Å². The summed E-state index contributed by atoms with van der Waals surface area (Å²) in [5.74, 6) is -3.41. The Labute approximate surface area is 206 Å². The van der Waals surface area contributed by atoms with Gasteiger partial charge in [-0.2, -0.15) is 0 Å². The fourth-order valence-corrected chi connectivity index (χ4v) is 4.07. The number of hydrogen-bond acceptors (Lipinski definition) is 8. The molecule has 0 spiro atoms. The number of carbonyl (C=O) groups is 7. The van der Waals surface area contributed by atoms with Crippen LogP contribution in [0.15, 0.2) is 24.3 Å². The van der Waals surface area contributed by atoms with Crippen molar-refractivity contribution in [3.63, 3.8) is 0 Å². The zero-order chi connectivity index (χ0) is 26.4. The molecule has 192 valence electrons. The maximum Gasteiger partial charge on any atom is 0.358 e. The van der Waals surface area contributed by atoms with Gasteiger partial charge < -0.3 is 14.8 Å². The summed E-state index contributed by atoms with van der Waals surface area (Å²) in [6.45, 7) is 1.21. The topological polar surface area (TPSA) is 162 Å². The van der Waals surface area contributed by atoms with E-state index in [1.807, 2.05) is 0 Å². The van der Waals surface area contributed by atoms with E-state index in [0.717, 1.165) is 15.0 Å². The van der Waals surface area contributed by atoms with Crippen molar-refractivity contribution in [2.24, 2.45) is 0 Å². The molecule has 2 aliphatic rings. The lowest BCUT2D eigenvalue weighted by Crippen LogP contribution is -2.65. The Morgan fingerprint density at radius 2 is 1.89 bits per heavy atom. The minimum Gasteiger partial charge on any atom is -0.496 e. The molecule has 0 radical (unpaired) electrons. The SMILES string of the molecule is COc1ccccc1C(=O)C(=O)NN1CCC(=O)N2CCCC(C(=O)NC(C=O)CC(C)=O)N2C1=O. The highest BCUT2D eigenvalue weighted by atomic mass is 16.5. The van der Waals surface area contributed by atoms with Gasteiger partial charge in [0.05, 0.1) is 25.3 Å². The number of nitrogens with one attached hydrogen (secondary N) is 2. The maximum atomic E-state index is 13.4. The van der Waals surface area contributed by atoms with Gasteiger partial charge in [0.15, 0.2) is 0 Å². The zero-order valence-corrected chi connectivity index (χ0v) is 19.9. The molecule has 3 rings (SSSR count). The number of methoxy groups -OCH3 is 1. The van der Waals surface area contributed by atoms with E-state index in [0.29, 0.717) is 12.7 Å². The number of ketones is 2. The van der Waals surface area contributed by atoms with Crippen molar-refractivity contribution >= 4 is 41.6 Å². The molecule has 0 bridgehead atoms. The summed E-state index contributed by atoms with van der Waals surface area (Å²) in [5.41, 5.74) is 2.22. The van der Waals surface area contributed by atoms with Crippen LogP contribution < -0.4 is 15.5 Å². The van der Waals surface area contributed by atoms with Gasteiger partial charge in [0.2, 0.25) is 11.8 Å². The molecule has 13 nitrogen and oxygen atoms in total. The molecule has 0 aliphatic carbocycles. The second kappa shape index (κ2) is 11.4. The lowest BCUT2D eigenvalue weighted by atomic mass is 10.1. The summed E-state index contributed by atoms with van der Waals surface area (Å²) in [6.07, 6.45) is 0.623. The molecular weight excluding hydrogens is 474 g/mol. The zero-order valence-electron chi connectivity index (χ0n) is 19.9. The quantitative estimate of drug-likeness (QED) is 0.262. The highest BCUT2D eigenvalue weighted by molar-refractivity contribution is 6.43.